The molecule has 1 atom stereocenters. The van der Waals surface area contributed by atoms with Crippen LogP contribution in [0.5, 0.6) is 0 Å². The third kappa shape index (κ3) is 4.19. The Hall–Kier alpha value is -1.11. The quantitative estimate of drug-likeness (QED) is 0.862. The summed E-state index contributed by atoms with van der Waals surface area (Å²) in [5.41, 5.74) is 0.662. The van der Waals surface area contributed by atoms with Crippen LogP contribution in [-0.2, 0) is 14.6 Å². The molecule has 5 nitrogen and oxygen atoms in total. The van der Waals surface area contributed by atoms with Gasteiger partial charge >= 0.3 is 0 Å². The minimum Gasteiger partial charge on any atom is -0.325 e. The van der Waals surface area contributed by atoms with Crippen LogP contribution in [0.1, 0.15) is 12.8 Å². The van der Waals surface area contributed by atoms with Crippen LogP contribution in [0.3, 0.4) is 0 Å². The predicted octanol–water partition coefficient (Wildman–Crippen LogP) is 1.45. The summed E-state index contributed by atoms with van der Waals surface area (Å²) >= 11 is 5.75. The van der Waals surface area contributed by atoms with E-state index in [9.17, 15) is 13.2 Å². The SMILES string of the molecule is O=C(CNCC1CCCS1(=O)=O)Nc1ccc(Cl)cc1. The third-order valence-corrected chi connectivity index (χ3v) is 5.78. The second-order valence-electron chi connectivity index (χ2n) is 4.82. The highest BCUT2D eigenvalue weighted by Crippen LogP contribution is 2.19. The average Bonchev–Trinajstić information content (AvgIpc) is 2.72. The van der Waals surface area contributed by atoms with E-state index in [1.807, 2.05) is 0 Å². The van der Waals surface area contributed by atoms with E-state index in [0.29, 0.717) is 30.1 Å². The molecule has 1 saturated heterocycles. The maximum absolute atomic E-state index is 11.7. The zero-order valence-electron chi connectivity index (χ0n) is 10.9. The van der Waals surface area contributed by atoms with Gasteiger partial charge in [0.1, 0.15) is 0 Å². The molecule has 1 aliphatic rings. The standard InChI is InChI=1S/C13H17ClN2O3S/c14-10-3-5-11(6-4-10)16-13(17)9-15-8-12-2-1-7-20(12,18)19/h3-6,12,15H,1-2,7-9H2,(H,16,17). The third-order valence-electron chi connectivity index (χ3n) is 3.25. The first-order chi connectivity index (χ1) is 9.47. The van der Waals surface area contributed by atoms with Crippen molar-refractivity contribution < 1.29 is 13.2 Å². The molecule has 20 heavy (non-hydrogen) atoms. The summed E-state index contributed by atoms with van der Waals surface area (Å²) in [5, 5.41) is 5.85. The molecular weight excluding hydrogens is 300 g/mol. The summed E-state index contributed by atoms with van der Waals surface area (Å²) in [6, 6.07) is 6.80. The van der Waals surface area contributed by atoms with E-state index in [2.05, 4.69) is 10.6 Å². The van der Waals surface area contributed by atoms with E-state index in [1.54, 1.807) is 24.3 Å². The van der Waals surface area contributed by atoms with Crippen LogP contribution in [0, 0.1) is 0 Å². The van der Waals surface area contributed by atoms with E-state index in [4.69, 9.17) is 11.6 Å². The fourth-order valence-corrected chi connectivity index (χ4v) is 4.10. The summed E-state index contributed by atoms with van der Waals surface area (Å²) < 4.78 is 23.2. The number of carbonyl (C=O) groups is 1. The number of hydrogen-bond acceptors (Lipinski definition) is 4. The van der Waals surface area contributed by atoms with Gasteiger partial charge in [0.15, 0.2) is 9.84 Å². The second kappa shape index (κ2) is 6.56. The van der Waals surface area contributed by atoms with Gasteiger partial charge in [-0.2, -0.15) is 0 Å². The summed E-state index contributed by atoms with van der Waals surface area (Å²) in [4.78, 5) is 11.7. The first-order valence-corrected chi connectivity index (χ1v) is 8.54. The molecule has 1 fully saturated rings. The molecule has 2 rings (SSSR count). The Morgan fingerprint density at radius 1 is 1.30 bits per heavy atom. The molecule has 0 spiro atoms. The molecule has 1 aromatic carbocycles. The molecule has 1 aliphatic heterocycles. The molecule has 0 bridgehead atoms. The van der Waals surface area contributed by atoms with Gasteiger partial charge < -0.3 is 10.6 Å². The number of sulfone groups is 1. The molecule has 1 heterocycles. The smallest absolute Gasteiger partial charge is 0.238 e. The molecule has 0 aromatic heterocycles. The van der Waals surface area contributed by atoms with Crippen molar-refractivity contribution in [3.8, 4) is 0 Å². The number of amides is 1. The lowest BCUT2D eigenvalue weighted by Gasteiger charge is -2.11. The monoisotopic (exact) mass is 316 g/mol. The maximum Gasteiger partial charge on any atom is 0.238 e. The molecule has 0 radical (unpaired) electrons. The molecule has 7 heteroatoms. The van der Waals surface area contributed by atoms with Gasteiger partial charge in [0.25, 0.3) is 0 Å². The number of hydrogen-bond donors (Lipinski definition) is 2. The highest BCUT2D eigenvalue weighted by molar-refractivity contribution is 7.92. The van der Waals surface area contributed by atoms with E-state index < -0.39 is 9.84 Å². The van der Waals surface area contributed by atoms with Crippen molar-refractivity contribution in [1.29, 1.82) is 0 Å². The first-order valence-electron chi connectivity index (χ1n) is 6.45. The van der Waals surface area contributed by atoms with Crippen molar-refractivity contribution in [1.82, 2.24) is 5.32 Å². The van der Waals surface area contributed by atoms with Gasteiger partial charge in [-0.25, -0.2) is 8.42 Å². The lowest BCUT2D eigenvalue weighted by atomic mass is 10.2. The summed E-state index contributed by atoms with van der Waals surface area (Å²) in [7, 11) is -2.96. The Morgan fingerprint density at radius 2 is 2.00 bits per heavy atom. The predicted molar refractivity (Wildman–Crippen MR) is 79.8 cm³/mol. The van der Waals surface area contributed by atoms with Crippen molar-refractivity contribution >= 4 is 33.0 Å². The summed E-state index contributed by atoms with van der Waals surface area (Å²) in [6.07, 6.45) is 1.39. The van der Waals surface area contributed by atoms with Crippen molar-refractivity contribution in [2.24, 2.45) is 0 Å². The zero-order chi connectivity index (χ0) is 14.6. The number of carbonyl (C=O) groups excluding carboxylic acids is 1. The normalized spacial score (nSPS) is 20.8. The van der Waals surface area contributed by atoms with Gasteiger partial charge in [-0.15, -0.1) is 0 Å². The molecule has 1 amide bonds. The zero-order valence-corrected chi connectivity index (χ0v) is 12.5. The highest BCUT2D eigenvalue weighted by Gasteiger charge is 2.30. The van der Waals surface area contributed by atoms with Gasteiger partial charge in [-0.1, -0.05) is 11.6 Å². The minimum absolute atomic E-state index is 0.0919. The summed E-state index contributed by atoms with van der Waals surface area (Å²) in [6.45, 7) is 0.422. The molecule has 1 aromatic rings. The molecule has 0 saturated carbocycles. The average molecular weight is 317 g/mol. The van der Waals surface area contributed by atoms with Gasteiger partial charge in [-0.05, 0) is 37.1 Å². The van der Waals surface area contributed by atoms with Crippen molar-refractivity contribution in [3.63, 3.8) is 0 Å². The van der Waals surface area contributed by atoms with Gasteiger partial charge in [0.2, 0.25) is 5.91 Å². The van der Waals surface area contributed by atoms with E-state index in [1.165, 1.54) is 0 Å². The van der Waals surface area contributed by atoms with Gasteiger partial charge in [0.05, 0.1) is 17.5 Å². The summed E-state index contributed by atoms with van der Waals surface area (Å²) in [5.74, 6) is 0.0544. The van der Waals surface area contributed by atoms with Gasteiger partial charge in [0, 0.05) is 17.3 Å². The largest absolute Gasteiger partial charge is 0.325 e. The Balaban J connectivity index is 1.74. The van der Waals surface area contributed by atoms with Crippen LogP contribution < -0.4 is 10.6 Å². The molecule has 110 valence electrons. The van der Waals surface area contributed by atoms with Crippen LogP contribution in [0.15, 0.2) is 24.3 Å². The number of rotatable bonds is 5. The topological polar surface area (TPSA) is 75.3 Å². The minimum atomic E-state index is -2.96. The second-order valence-corrected chi connectivity index (χ2v) is 7.65. The number of halogens is 1. The van der Waals surface area contributed by atoms with Crippen LogP contribution in [0.4, 0.5) is 5.69 Å². The Bertz CT molecular complexity index is 572. The van der Waals surface area contributed by atoms with E-state index in [-0.39, 0.29) is 23.5 Å². The lowest BCUT2D eigenvalue weighted by Crippen LogP contribution is -2.35. The number of nitrogens with one attached hydrogen (secondary N) is 2. The van der Waals surface area contributed by atoms with Gasteiger partial charge in [-0.3, -0.25) is 4.79 Å². The highest BCUT2D eigenvalue weighted by atomic mass is 35.5. The fourth-order valence-electron chi connectivity index (χ4n) is 2.17. The Kier molecular flexibility index (Phi) is 5.01. The maximum atomic E-state index is 11.7. The van der Waals surface area contributed by atoms with Crippen LogP contribution in [-0.4, -0.2) is 38.4 Å². The Labute approximate surface area is 123 Å². The molecule has 0 aliphatic carbocycles. The van der Waals surface area contributed by atoms with E-state index in [0.717, 1.165) is 0 Å². The molecular formula is C13H17ClN2O3S. The van der Waals surface area contributed by atoms with Crippen LogP contribution >= 0.6 is 11.6 Å². The van der Waals surface area contributed by atoms with Crippen LogP contribution in [0.25, 0.3) is 0 Å². The van der Waals surface area contributed by atoms with Crippen molar-refractivity contribution in [2.75, 3.05) is 24.2 Å². The molecule has 2 N–H and O–H groups in total. The van der Waals surface area contributed by atoms with Crippen molar-refractivity contribution in [2.45, 2.75) is 18.1 Å². The van der Waals surface area contributed by atoms with Crippen molar-refractivity contribution in [3.05, 3.63) is 29.3 Å². The fraction of sp³-hybridized carbons (Fsp3) is 0.462. The number of benzene rings is 1. The molecule has 1 unspecified atom stereocenters. The Morgan fingerprint density at radius 3 is 2.60 bits per heavy atom. The van der Waals surface area contributed by atoms with E-state index >= 15 is 0 Å². The number of anilines is 1. The van der Waals surface area contributed by atoms with Crippen LogP contribution in [0.2, 0.25) is 5.02 Å². The lowest BCUT2D eigenvalue weighted by molar-refractivity contribution is -0.115. The first kappa shape index (κ1) is 15.3.